The molecular formula is C14H19N3S. The maximum Gasteiger partial charge on any atom is 0.112 e. The van der Waals surface area contributed by atoms with E-state index in [9.17, 15) is 0 Å². The van der Waals surface area contributed by atoms with E-state index in [1.807, 2.05) is 24.2 Å². The zero-order valence-electron chi connectivity index (χ0n) is 10.9. The molecule has 1 aromatic heterocycles. The average molecular weight is 261 g/mol. The van der Waals surface area contributed by atoms with Gasteiger partial charge in [0.25, 0.3) is 0 Å². The molecule has 2 rings (SSSR count). The van der Waals surface area contributed by atoms with E-state index in [1.54, 1.807) is 0 Å². The van der Waals surface area contributed by atoms with Crippen LogP contribution in [-0.4, -0.2) is 15.3 Å². The van der Waals surface area contributed by atoms with Gasteiger partial charge in [-0.2, -0.15) is 0 Å². The Morgan fingerprint density at radius 2 is 2.17 bits per heavy atom. The second-order valence-electron chi connectivity index (χ2n) is 3.96. The van der Waals surface area contributed by atoms with E-state index in [1.165, 1.54) is 10.5 Å². The summed E-state index contributed by atoms with van der Waals surface area (Å²) in [6.45, 7) is 4.83. The van der Waals surface area contributed by atoms with Crippen molar-refractivity contribution in [1.82, 2.24) is 9.55 Å². The number of benzene rings is 1. The first-order valence-corrected chi connectivity index (χ1v) is 7.27. The van der Waals surface area contributed by atoms with Crippen LogP contribution in [0.2, 0.25) is 0 Å². The van der Waals surface area contributed by atoms with Gasteiger partial charge in [-0.25, -0.2) is 4.98 Å². The highest BCUT2D eigenvalue weighted by Crippen LogP contribution is 2.28. The normalized spacial score (nSPS) is 10.8. The Balaban J connectivity index is 2.53. The van der Waals surface area contributed by atoms with Crippen LogP contribution in [0.25, 0.3) is 5.69 Å². The van der Waals surface area contributed by atoms with Crippen molar-refractivity contribution >= 4 is 11.8 Å². The zero-order valence-corrected chi connectivity index (χ0v) is 11.7. The lowest BCUT2D eigenvalue weighted by Gasteiger charge is -2.15. The minimum Gasteiger partial charge on any atom is -0.326 e. The van der Waals surface area contributed by atoms with E-state index in [-0.39, 0.29) is 0 Å². The van der Waals surface area contributed by atoms with Gasteiger partial charge >= 0.3 is 0 Å². The van der Waals surface area contributed by atoms with Gasteiger partial charge in [0, 0.05) is 35.8 Å². The van der Waals surface area contributed by atoms with Gasteiger partial charge in [-0.05, 0) is 17.9 Å². The summed E-state index contributed by atoms with van der Waals surface area (Å²) < 4.78 is 2.14. The third-order valence-corrected chi connectivity index (χ3v) is 3.89. The van der Waals surface area contributed by atoms with E-state index >= 15 is 0 Å². The third kappa shape index (κ3) is 2.44. The molecule has 0 atom stereocenters. The smallest absolute Gasteiger partial charge is 0.112 e. The summed E-state index contributed by atoms with van der Waals surface area (Å²) in [6.07, 6.45) is 4.77. The van der Waals surface area contributed by atoms with E-state index in [2.05, 4.69) is 41.6 Å². The molecule has 0 bridgehead atoms. The highest BCUT2D eigenvalue weighted by atomic mass is 32.2. The molecular weight excluding hydrogens is 242 g/mol. The maximum atomic E-state index is 5.93. The standard InChI is InChI=1S/C14H19N3S/c1-3-14-16-8-9-17(14)12-6-5-7-13(18-4-2)11(12)10-15/h5-9H,3-4,10,15H2,1-2H3. The molecule has 1 heterocycles. The van der Waals surface area contributed by atoms with Gasteiger partial charge in [0.2, 0.25) is 0 Å². The maximum absolute atomic E-state index is 5.93. The summed E-state index contributed by atoms with van der Waals surface area (Å²) in [7, 11) is 0. The van der Waals surface area contributed by atoms with Crippen molar-refractivity contribution in [3.63, 3.8) is 0 Å². The lowest BCUT2D eigenvalue weighted by molar-refractivity contribution is 0.867. The SMILES string of the molecule is CCSc1cccc(-n2ccnc2CC)c1CN. The second kappa shape index (κ2) is 6.07. The molecule has 0 saturated carbocycles. The average Bonchev–Trinajstić information content (AvgIpc) is 2.87. The highest BCUT2D eigenvalue weighted by Gasteiger charge is 2.10. The number of aryl methyl sites for hydroxylation is 1. The van der Waals surface area contributed by atoms with Gasteiger partial charge in [0.1, 0.15) is 5.82 Å². The molecule has 0 aliphatic rings. The number of rotatable bonds is 5. The predicted octanol–water partition coefficient (Wildman–Crippen LogP) is 3.01. The Labute approximate surface area is 112 Å². The van der Waals surface area contributed by atoms with E-state index in [0.717, 1.165) is 23.7 Å². The van der Waals surface area contributed by atoms with Crippen molar-refractivity contribution in [2.24, 2.45) is 5.73 Å². The van der Waals surface area contributed by atoms with Crippen LogP contribution in [0, 0.1) is 0 Å². The Morgan fingerprint density at radius 3 is 2.83 bits per heavy atom. The zero-order chi connectivity index (χ0) is 13.0. The van der Waals surface area contributed by atoms with Crippen LogP contribution in [0.4, 0.5) is 0 Å². The van der Waals surface area contributed by atoms with E-state index in [0.29, 0.717) is 6.54 Å². The Kier molecular flexibility index (Phi) is 4.44. The van der Waals surface area contributed by atoms with Crippen molar-refractivity contribution in [3.05, 3.63) is 42.0 Å². The lowest BCUT2D eigenvalue weighted by atomic mass is 10.1. The Morgan fingerprint density at radius 1 is 1.33 bits per heavy atom. The van der Waals surface area contributed by atoms with E-state index < -0.39 is 0 Å². The number of thioether (sulfide) groups is 1. The number of nitrogens with two attached hydrogens (primary N) is 1. The summed E-state index contributed by atoms with van der Waals surface area (Å²) in [5.74, 6) is 2.13. The van der Waals surface area contributed by atoms with Crippen molar-refractivity contribution in [2.45, 2.75) is 31.7 Å². The van der Waals surface area contributed by atoms with Crippen LogP contribution in [0.3, 0.4) is 0 Å². The molecule has 0 radical (unpaired) electrons. The first-order chi connectivity index (χ1) is 8.81. The molecule has 96 valence electrons. The summed E-state index contributed by atoms with van der Waals surface area (Å²) in [4.78, 5) is 5.65. The summed E-state index contributed by atoms with van der Waals surface area (Å²) in [6, 6.07) is 6.34. The molecule has 0 aliphatic carbocycles. The predicted molar refractivity (Wildman–Crippen MR) is 77.2 cm³/mol. The molecule has 4 heteroatoms. The fourth-order valence-electron chi connectivity index (χ4n) is 2.09. The van der Waals surface area contributed by atoms with Gasteiger partial charge in [-0.1, -0.05) is 19.9 Å². The molecule has 0 spiro atoms. The van der Waals surface area contributed by atoms with Gasteiger partial charge in [-0.15, -0.1) is 11.8 Å². The quantitative estimate of drug-likeness (QED) is 0.841. The molecule has 1 aromatic carbocycles. The molecule has 0 unspecified atom stereocenters. The summed E-state index contributed by atoms with van der Waals surface area (Å²) in [5.41, 5.74) is 8.30. The number of aromatic nitrogens is 2. The first-order valence-electron chi connectivity index (χ1n) is 6.29. The second-order valence-corrected chi connectivity index (χ2v) is 5.26. The highest BCUT2D eigenvalue weighted by molar-refractivity contribution is 7.99. The fourth-order valence-corrected chi connectivity index (χ4v) is 2.94. The molecule has 3 nitrogen and oxygen atoms in total. The Hall–Kier alpha value is -1.26. The van der Waals surface area contributed by atoms with Crippen LogP contribution in [0.5, 0.6) is 0 Å². The number of hydrogen-bond acceptors (Lipinski definition) is 3. The van der Waals surface area contributed by atoms with Gasteiger partial charge in [0.05, 0.1) is 5.69 Å². The van der Waals surface area contributed by atoms with Crippen LogP contribution in [0.15, 0.2) is 35.5 Å². The molecule has 0 amide bonds. The molecule has 2 aromatic rings. The Bertz CT molecular complexity index is 520. The van der Waals surface area contributed by atoms with Crippen molar-refractivity contribution < 1.29 is 0 Å². The summed E-state index contributed by atoms with van der Waals surface area (Å²) in [5, 5.41) is 0. The minimum absolute atomic E-state index is 0.555. The van der Waals surface area contributed by atoms with Crippen molar-refractivity contribution in [3.8, 4) is 5.69 Å². The van der Waals surface area contributed by atoms with Crippen LogP contribution < -0.4 is 5.73 Å². The topological polar surface area (TPSA) is 43.8 Å². The van der Waals surface area contributed by atoms with Gasteiger partial charge in [0.15, 0.2) is 0 Å². The monoisotopic (exact) mass is 261 g/mol. The van der Waals surface area contributed by atoms with Crippen LogP contribution in [0.1, 0.15) is 25.2 Å². The van der Waals surface area contributed by atoms with Crippen molar-refractivity contribution in [2.75, 3.05) is 5.75 Å². The third-order valence-electron chi connectivity index (χ3n) is 2.91. The van der Waals surface area contributed by atoms with Gasteiger partial charge in [-0.3, -0.25) is 0 Å². The van der Waals surface area contributed by atoms with Gasteiger partial charge < -0.3 is 10.3 Å². The summed E-state index contributed by atoms with van der Waals surface area (Å²) >= 11 is 1.84. The van der Waals surface area contributed by atoms with Crippen LogP contribution in [-0.2, 0) is 13.0 Å². The molecule has 0 saturated heterocycles. The molecule has 2 N–H and O–H groups in total. The fraction of sp³-hybridized carbons (Fsp3) is 0.357. The number of nitrogens with zero attached hydrogens (tertiary/aromatic N) is 2. The first kappa shape index (κ1) is 13.2. The minimum atomic E-state index is 0.555. The molecule has 0 fully saturated rings. The number of imidazole rings is 1. The largest absolute Gasteiger partial charge is 0.326 e. The van der Waals surface area contributed by atoms with Crippen molar-refractivity contribution in [1.29, 1.82) is 0 Å². The van der Waals surface area contributed by atoms with E-state index in [4.69, 9.17) is 5.73 Å². The molecule has 0 aliphatic heterocycles. The number of hydrogen-bond donors (Lipinski definition) is 1. The molecule has 18 heavy (non-hydrogen) atoms. The van der Waals surface area contributed by atoms with Crippen LogP contribution >= 0.6 is 11.8 Å². The lowest BCUT2D eigenvalue weighted by Crippen LogP contribution is -2.08.